The molecule has 0 aliphatic rings. The molecule has 4 heteroatoms. The van der Waals surface area contributed by atoms with E-state index in [9.17, 15) is 4.79 Å². The number of hydrogen-bond acceptors (Lipinski definition) is 3. The van der Waals surface area contributed by atoms with Crippen molar-refractivity contribution in [3.63, 3.8) is 0 Å². The zero-order valence-corrected chi connectivity index (χ0v) is 10.7. The third-order valence-corrected chi connectivity index (χ3v) is 3.43. The fourth-order valence-corrected chi connectivity index (χ4v) is 2.10. The van der Waals surface area contributed by atoms with Gasteiger partial charge in [-0.3, -0.25) is 4.79 Å². The summed E-state index contributed by atoms with van der Waals surface area (Å²) in [5, 5.41) is 5.81. The lowest BCUT2D eigenvalue weighted by molar-refractivity contribution is -0.118. The second-order valence-corrected chi connectivity index (χ2v) is 4.59. The fourth-order valence-electron chi connectivity index (χ4n) is 1.26. The first-order chi connectivity index (χ1) is 7.67. The minimum Gasteiger partial charge on any atom is -0.358 e. The van der Waals surface area contributed by atoms with Gasteiger partial charge in [-0.1, -0.05) is 12.1 Å². The summed E-state index contributed by atoms with van der Waals surface area (Å²) in [4.78, 5) is 12.2. The Bertz CT molecular complexity index is 355. The lowest BCUT2D eigenvalue weighted by Gasteiger charge is -2.11. The monoisotopic (exact) mass is 238 g/mol. The smallest absolute Gasteiger partial charge is 0.230 e. The van der Waals surface area contributed by atoms with Crippen molar-refractivity contribution in [3.8, 4) is 0 Å². The van der Waals surface area contributed by atoms with Crippen molar-refractivity contribution in [3.05, 3.63) is 29.8 Å². The first-order valence-electron chi connectivity index (χ1n) is 5.28. The molecular formula is C12H18N2OS. The van der Waals surface area contributed by atoms with E-state index in [-0.39, 0.29) is 5.91 Å². The Kier molecular flexibility index (Phi) is 5.35. The Morgan fingerprint density at radius 3 is 2.81 bits per heavy atom. The van der Waals surface area contributed by atoms with Crippen LogP contribution in [0.5, 0.6) is 0 Å². The van der Waals surface area contributed by atoms with Gasteiger partial charge in [0, 0.05) is 18.0 Å². The first-order valence-corrected chi connectivity index (χ1v) is 6.26. The molecule has 0 spiro atoms. The van der Waals surface area contributed by atoms with E-state index < -0.39 is 0 Å². The van der Waals surface area contributed by atoms with Gasteiger partial charge < -0.3 is 10.6 Å². The van der Waals surface area contributed by atoms with E-state index in [0.29, 0.717) is 11.8 Å². The van der Waals surface area contributed by atoms with E-state index in [1.165, 1.54) is 5.56 Å². The van der Waals surface area contributed by atoms with Gasteiger partial charge in [-0.25, -0.2) is 0 Å². The molecule has 0 radical (unpaired) electrons. The zero-order valence-electron chi connectivity index (χ0n) is 9.91. The molecule has 1 aromatic rings. The van der Waals surface area contributed by atoms with Gasteiger partial charge in [0.2, 0.25) is 5.91 Å². The van der Waals surface area contributed by atoms with E-state index >= 15 is 0 Å². The Labute approximate surface area is 101 Å². The van der Waals surface area contributed by atoms with E-state index in [2.05, 4.69) is 29.7 Å². The largest absolute Gasteiger partial charge is 0.358 e. The van der Waals surface area contributed by atoms with Crippen LogP contribution in [-0.2, 0) is 4.79 Å². The van der Waals surface area contributed by atoms with Crippen LogP contribution in [0.15, 0.2) is 29.2 Å². The zero-order chi connectivity index (χ0) is 12.0. The maximum Gasteiger partial charge on any atom is 0.230 e. The topological polar surface area (TPSA) is 41.1 Å². The summed E-state index contributed by atoms with van der Waals surface area (Å²) in [5.74, 6) is 0.519. The SMILES string of the molecule is CNC(=O)CSc1cccc(C(C)NC)c1. The molecule has 1 atom stereocenters. The fraction of sp³-hybridized carbons (Fsp3) is 0.417. The lowest BCUT2D eigenvalue weighted by atomic mass is 10.1. The van der Waals surface area contributed by atoms with E-state index in [1.807, 2.05) is 19.2 Å². The molecule has 0 aliphatic heterocycles. The van der Waals surface area contributed by atoms with Crippen molar-refractivity contribution >= 4 is 17.7 Å². The summed E-state index contributed by atoms with van der Waals surface area (Å²) in [6.07, 6.45) is 0. The lowest BCUT2D eigenvalue weighted by Crippen LogP contribution is -2.19. The highest BCUT2D eigenvalue weighted by Gasteiger charge is 2.04. The molecule has 0 saturated heterocycles. The van der Waals surface area contributed by atoms with Crippen molar-refractivity contribution in [2.75, 3.05) is 19.8 Å². The normalized spacial score (nSPS) is 12.2. The van der Waals surface area contributed by atoms with Gasteiger partial charge in [-0.05, 0) is 31.7 Å². The maximum absolute atomic E-state index is 11.1. The van der Waals surface area contributed by atoms with Crippen LogP contribution in [-0.4, -0.2) is 25.8 Å². The number of nitrogens with one attached hydrogen (secondary N) is 2. The van der Waals surface area contributed by atoms with Gasteiger partial charge in [0.05, 0.1) is 5.75 Å². The van der Waals surface area contributed by atoms with E-state index in [4.69, 9.17) is 0 Å². The number of rotatable bonds is 5. The number of hydrogen-bond donors (Lipinski definition) is 2. The Morgan fingerprint density at radius 1 is 1.44 bits per heavy atom. The summed E-state index contributed by atoms with van der Waals surface area (Å²) in [6, 6.07) is 8.59. The maximum atomic E-state index is 11.1. The van der Waals surface area contributed by atoms with Crippen molar-refractivity contribution in [1.82, 2.24) is 10.6 Å². The van der Waals surface area contributed by atoms with Crippen molar-refractivity contribution in [2.45, 2.75) is 17.9 Å². The van der Waals surface area contributed by atoms with Crippen molar-refractivity contribution in [1.29, 1.82) is 0 Å². The molecular weight excluding hydrogens is 220 g/mol. The molecule has 0 bridgehead atoms. The molecule has 88 valence electrons. The molecule has 16 heavy (non-hydrogen) atoms. The van der Waals surface area contributed by atoms with Gasteiger partial charge in [-0.15, -0.1) is 11.8 Å². The molecule has 0 aliphatic carbocycles. The Hall–Kier alpha value is -1.00. The Morgan fingerprint density at radius 2 is 2.19 bits per heavy atom. The van der Waals surface area contributed by atoms with Crippen molar-refractivity contribution < 1.29 is 4.79 Å². The predicted octanol–water partition coefficient (Wildman–Crippen LogP) is 1.81. The molecule has 0 fully saturated rings. The third kappa shape index (κ3) is 3.87. The third-order valence-electron chi connectivity index (χ3n) is 2.44. The summed E-state index contributed by atoms with van der Waals surface area (Å²) < 4.78 is 0. The van der Waals surface area contributed by atoms with Gasteiger partial charge in [0.25, 0.3) is 0 Å². The highest BCUT2D eigenvalue weighted by atomic mass is 32.2. The second kappa shape index (κ2) is 6.55. The average Bonchev–Trinajstić information content (AvgIpc) is 2.35. The van der Waals surface area contributed by atoms with E-state index in [1.54, 1.807) is 18.8 Å². The van der Waals surface area contributed by atoms with Gasteiger partial charge in [0.1, 0.15) is 0 Å². The second-order valence-electron chi connectivity index (χ2n) is 3.54. The summed E-state index contributed by atoms with van der Waals surface area (Å²) in [5.41, 5.74) is 1.24. The first kappa shape index (κ1) is 13.1. The van der Waals surface area contributed by atoms with Crippen molar-refractivity contribution in [2.24, 2.45) is 0 Å². The minimum absolute atomic E-state index is 0.0528. The van der Waals surface area contributed by atoms with Crippen LogP contribution >= 0.6 is 11.8 Å². The quantitative estimate of drug-likeness (QED) is 0.769. The number of benzene rings is 1. The van der Waals surface area contributed by atoms with Crippen LogP contribution < -0.4 is 10.6 Å². The number of amides is 1. The van der Waals surface area contributed by atoms with Crippen LogP contribution in [0.1, 0.15) is 18.5 Å². The van der Waals surface area contributed by atoms with E-state index in [0.717, 1.165) is 4.90 Å². The molecule has 2 N–H and O–H groups in total. The highest BCUT2D eigenvalue weighted by molar-refractivity contribution is 8.00. The molecule has 0 heterocycles. The number of carbonyl (C=O) groups excluding carboxylic acids is 1. The molecule has 1 aromatic carbocycles. The summed E-state index contributed by atoms with van der Waals surface area (Å²) in [6.45, 7) is 2.11. The highest BCUT2D eigenvalue weighted by Crippen LogP contribution is 2.21. The molecule has 1 rings (SSSR count). The van der Waals surface area contributed by atoms with Crippen LogP contribution in [0.3, 0.4) is 0 Å². The Balaban J connectivity index is 2.64. The van der Waals surface area contributed by atoms with Gasteiger partial charge in [0.15, 0.2) is 0 Å². The molecule has 3 nitrogen and oxygen atoms in total. The van der Waals surface area contributed by atoms with Crippen LogP contribution in [0.4, 0.5) is 0 Å². The number of thioether (sulfide) groups is 1. The summed E-state index contributed by atoms with van der Waals surface area (Å²) >= 11 is 1.56. The van der Waals surface area contributed by atoms with Crippen LogP contribution in [0.2, 0.25) is 0 Å². The minimum atomic E-state index is 0.0528. The summed E-state index contributed by atoms with van der Waals surface area (Å²) in [7, 11) is 3.59. The molecule has 0 saturated carbocycles. The van der Waals surface area contributed by atoms with Gasteiger partial charge in [-0.2, -0.15) is 0 Å². The molecule has 0 aromatic heterocycles. The van der Waals surface area contributed by atoms with Crippen LogP contribution in [0.25, 0.3) is 0 Å². The predicted molar refractivity (Wildman–Crippen MR) is 68.7 cm³/mol. The average molecular weight is 238 g/mol. The van der Waals surface area contributed by atoms with Crippen LogP contribution in [0, 0.1) is 0 Å². The molecule has 1 unspecified atom stereocenters. The van der Waals surface area contributed by atoms with Gasteiger partial charge >= 0.3 is 0 Å². The molecule has 1 amide bonds. The standard InChI is InChI=1S/C12H18N2OS/c1-9(13-2)10-5-4-6-11(7-10)16-8-12(15)14-3/h4-7,9,13H,8H2,1-3H3,(H,14,15). The number of carbonyl (C=O) groups is 1.